The van der Waals surface area contributed by atoms with Crippen molar-refractivity contribution in [1.82, 2.24) is 4.90 Å². The third kappa shape index (κ3) is 2.08. The van der Waals surface area contributed by atoms with Gasteiger partial charge in [0.2, 0.25) is 12.7 Å². The lowest BCUT2D eigenvalue weighted by Gasteiger charge is -2.33. The van der Waals surface area contributed by atoms with Crippen LogP contribution in [0.1, 0.15) is 38.2 Å². The third-order valence-electron chi connectivity index (χ3n) is 5.16. The smallest absolute Gasteiger partial charge is 0.233 e. The highest BCUT2D eigenvalue weighted by Crippen LogP contribution is 2.51. The van der Waals surface area contributed by atoms with Crippen LogP contribution in [0.25, 0.3) is 0 Å². The predicted octanol–water partition coefficient (Wildman–Crippen LogP) is 2.71. The van der Waals surface area contributed by atoms with Crippen molar-refractivity contribution in [3.8, 4) is 11.5 Å². The number of hydrogen-bond donors (Lipinski definition) is 0. The first kappa shape index (κ1) is 13.0. The van der Waals surface area contributed by atoms with Crippen LogP contribution in [0.15, 0.2) is 18.2 Å². The van der Waals surface area contributed by atoms with Crippen LogP contribution in [0, 0.1) is 5.92 Å². The third-order valence-corrected chi connectivity index (χ3v) is 5.16. The van der Waals surface area contributed by atoms with Crippen LogP contribution >= 0.6 is 0 Å². The van der Waals surface area contributed by atoms with Crippen molar-refractivity contribution in [1.29, 1.82) is 0 Å². The first-order valence-corrected chi connectivity index (χ1v) is 7.88. The predicted molar refractivity (Wildman–Crippen MR) is 78.5 cm³/mol. The molecule has 0 bridgehead atoms. The van der Waals surface area contributed by atoms with Gasteiger partial charge in [-0.05, 0) is 49.3 Å². The molecule has 2 fully saturated rings. The van der Waals surface area contributed by atoms with Crippen LogP contribution in [-0.2, 0) is 10.2 Å². The second kappa shape index (κ2) is 4.65. The number of carbonyl (C=O) groups excluding carboxylic acids is 1. The second-order valence-corrected chi connectivity index (χ2v) is 6.62. The molecule has 1 amide bonds. The molecule has 0 atom stereocenters. The monoisotopic (exact) mass is 287 g/mol. The molecule has 0 aromatic heterocycles. The van der Waals surface area contributed by atoms with Gasteiger partial charge in [0.05, 0.1) is 5.41 Å². The Hall–Kier alpha value is -1.71. The topological polar surface area (TPSA) is 38.8 Å². The first-order valence-electron chi connectivity index (χ1n) is 7.88. The highest BCUT2D eigenvalue weighted by atomic mass is 16.7. The van der Waals surface area contributed by atoms with Gasteiger partial charge in [0, 0.05) is 13.1 Å². The van der Waals surface area contributed by atoms with E-state index in [0.29, 0.717) is 5.91 Å². The molecule has 0 N–H and O–H groups in total. The molecule has 1 aliphatic carbocycles. The molecule has 1 aromatic carbocycles. The number of ether oxygens (including phenoxy) is 2. The Morgan fingerprint density at radius 3 is 2.62 bits per heavy atom. The fraction of sp³-hybridized carbons (Fsp3) is 0.588. The Morgan fingerprint density at radius 2 is 1.90 bits per heavy atom. The fourth-order valence-corrected chi connectivity index (χ4v) is 3.46. The van der Waals surface area contributed by atoms with Crippen LogP contribution in [0.2, 0.25) is 0 Å². The summed E-state index contributed by atoms with van der Waals surface area (Å²) in [6.45, 7) is 4.37. The Balaban J connectivity index is 1.57. The van der Waals surface area contributed by atoms with Crippen LogP contribution in [0.4, 0.5) is 0 Å². The fourth-order valence-electron chi connectivity index (χ4n) is 3.46. The number of likely N-dealkylation sites (tertiary alicyclic amines) is 1. The minimum Gasteiger partial charge on any atom is -0.454 e. The van der Waals surface area contributed by atoms with Gasteiger partial charge in [0.15, 0.2) is 11.5 Å². The Bertz CT molecular complexity index is 571. The largest absolute Gasteiger partial charge is 0.454 e. The quantitative estimate of drug-likeness (QED) is 0.839. The molecule has 0 unspecified atom stereocenters. The molecule has 1 saturated carbocycles. The number of hydrogen-bond acceptors (Lipinski definition) is 3. The summed E-state index contributed by atoms with van der Waals surface area (Å²) in [4.78, 5) is 15.0. The maximum absolute atomic E-state index is 12.9. The maximum Gasteiger partial charge on any atom is 0.233 e. The van der Waals surface area contributed by atoms with E-state index in [0.717, 1.165) is 61.8 Å². The number of piperidine rings is 1. The zero-order valence-electron chi connectivity index (χ0n) is 12.4. The molecule has 4 nitrogen and oxygen atoms in total. The van der Waals surface area contributed by atoms with Crippen molar-refractivity contribution in [2.75, 3.05) is 19.9 Å². The summed E-state index contributed by atoms with van der Waals surface area (Å²) in [6.07, 6.45) is 4.17. The molecule has 1 aromatic rings. The van der Waals surface area contributed by atoms with E-state index >= 15 is 0 Å². The van der Waals surface area contributed by atoms with E-state index in [9.17, 15) is 4.79 Å². The van der Waals surface area contributed by atoms with Crippen LogP contribution in [0.5, 0.6) is 11.5 Å². The zero-order valence-corrected chi connectivity index (χ0v) is 12.4. The van der Waals surface area contributed by atoms with Gasteiger partial charge in [-0.2, -0.15) is 0 Å². The summed E-state index contributed by atoms with van der Waals surface area (Å²) in [5, 5.41) is 0. The number of carbonyl (C=O) groups is 1. The van der Waals surface area contributed by atoms with Gasteiger partial charge >= 0.3 is 0 Å². The van der Waals surface area contributed by atoms with Gasteiger partial charge in [-0.1, -0.05) is 13.0 Å². The number of benzene rings is 1. The summed E-state index contributed by atoms with van der Waals surface area (Å²) in [5.41, 5.74) is 0.803. The van der Waals surface area contributed by atoms with E-state index in [1.165, 1.54) is 0 Å². The molecular formula is C17H21NO3. The Labute approximate surface area is 125 Å². The van der Waals surface area contributed by atoms with Crippen molar-refractivity contribution in [3.05, 3.63) is 23.8 Å². The summed E-state index contributed by atoms with van der Waals surface area (Å²) in [5.74, 6) is 2.62. The van der Waals surface area contributed by atoms with Gasteiger partial charge in [0.1, 0.15) is 0 Å². The number of fused-ring (bicyclic) bond motifs is 1. The first-order chi connectivity index (χ1) is 10.2. The van der Waals surface area contributed by atoms with Gasteiger partial charge in [-0.25, -0.2) is 0 Å². The Morgan fingerprint density at radius 1 is 1.19 bits per heavy atom. The molecule has 1 saturated heterocycles. The molecule has 2 aliphatic heterocycles. The number of rotatable bonds is 2. The van der Waals surface area contributed by atoms with E-state index in [1.807, 2.05) is 18.2 Å². The molecule has 112 valence electrons. The molecule has 2 heterocycles. The van der Waals surface area contributed by atoms with E-state index in [4.69, 9.17) is 9.47 Å². The van der Waals surface area contributed by atoms with E-state index in [1.54, 1.807) is 0 Å². The highest BCUT2D eigenvalue weighted by Gasteiger charge is 2.53. The van der Waals surface area contributed by atoms with Crippen molar-refractivity contribution in [2.45, 2.75) is 38.0 Å². The minimum absolute atomic E-state index is 0.281. The average molecular weight is 287 g/mol. The molecule has 4 heteroatoms. The SMILES string of the molecule is CC1CCN(C(=O)C2(c3ccc4c(c3)OCO4)CC2)CC1. The van der Waals surface area contributed by atoms with Crippen molar-refractivity contribution in [2.24, 2.45) is 5.92 Å². The molecule has 4 rings (SSSR count). The van der Waals surface area contributed by atoms with Crippen LogP contribution in [0.3, 0.4) is 0 Å². The highest BCUT2D eigenvalue weighted by molar-refractivity contribution is 5.91. The van der Waals surface area contributed by atoms with Gasteiger partial charge in [0.25, 0.3) is 0 Å². The van der Waals surface area contributed by atoms with Gasteiger partial charge in [-0.15, -0.1) is 0 Å². The molecular weight excluding hydrogens is 266 g/mol. The molecule has 21 heavy (non-hydrogen) atoms. The normalized spacial score (nSPS) is 23.2. The second-order valence-electron chi connectivity index (χ2n) is 6.62. The molecule has 0 radical (unpaired) electrons. The average Bonchev–Trinajstić information content (AvgIpc) is 3.18. The zero-order chi connectivity index (χ0) is 14.4. The number of amides is 1. The van der Waals surface area contributed by atoms with Crippen molar-refractivity contribution < 1.29 is 14.3 Å². The van der Waals surface area contributed by atoms with Crippen molar-refractivity contribution in [3.63, 3.8) is 0 Å². The van der Waals surface area contributed by atoms with Gasteiger partial charge < -0.3 is 14.4 Å². The summed E-state index contributed by atoms with van der Waals surface area (Å²) < 4.78 is 10.8. The van der Waals surface area contributed by atoms with Crippen LogP contribution < -0.4 is 9.47 Å². The summed E-state index contributed by atoms with van der Waals surface area (Å²) in [6, 6.07) is 5.97. The van der Waals surface area contributed by atoms with E-state index in [2.05, 4.69) is 11.8 Å². The van der Waals surface area contributed by atoms with E-state index in [-0.39, 0.29) is 12.2 Å². The summed E-state index contributed by atoms with van der Waals surface area (Å²) in [7, 11) is 0. The lowest BCUT2D eigenvalue weighted by molar-refractivity contribution is -0.135. The van der Waals surface area contributed by atoms with Gasteiger partial charge in [-0.3, -0.25) is 4.79 Å². The molecule has 3 aliphatic rings. The standard InChI is InChI=1S/C17H21NO3/c1-12-4-8-18(9-5-12)16(19)17(6-7-17)13-2-3-14-15(10-13)21-11-20-14/h2-3,10,12H,4-9,11H2,1H3. The van der Waals surface area contributed by atoms with E-state index < -0.39 is 0 Å². The minimum atomic E-state index is -0.290. The molecule has 0 spiro atoms. The van der Waals surface area contributed by atoms with Crippen LogP contribution in [-0.4, -0.2) is 30.7 Å². The summed E-state index contributed by atoms with van der Waals surface area (Å²) >= 11 is 0. The number of nitrogens with zero attached hydrogens (tertiary/aromatic N) is 1. The maximum atomic E-state index is 12.9. The lowest BCUT2D eigenvalue weighted by atomic mass is 9.91. The Kier molecular flexibility index (Phi) is 2.88. The lowest BCUT2D eigenvalue weighted by Crippen LogP contribution is -2.43. The van der Waals surface area contributed by atoms with Crippen molar-refractivity contribution >= 4 is 5.91 Å².